The van der Waals surface area contributed by atoms with Gasteiger partial charge in [0.2, 0.25) is 10.0 Å². The number of thiazole rings is 1. The van der Waals surface area contributed by atoms with Crippen LogP contribution in [0.25, 0.3) is 0 Å². The van der Waals surface area contributed by atoms with Crippen LogP contribution in [0.2, 0.25) is 0 Å². The Labute approximate surface area is 134 Å². The van der Waals surface area contributed by atoms with E-state index in [2.05, 4.69) is 9.88 Å². The molecule has 3 rings (SSSR count). The van der Waals surface area contributed by atoms with Crippen molar-refractivity contribution in [2.75, 3.05) is 13.1 Å². The highest BCUT2D eigenvalue weighted by Gasteiger charge is 2.25. The lowest BCUT2D eigenvalue weighted by molar-refractivity contribution is 0.203. The van der Waals surface area contributed by atoms with Crippen LogP contribution in [0, 0.1) is 0 Å². The van der Waals surface area contributed by atoms with E-state index in [9.17, 15) is 8.42 Å². The van der Waals surface area contributed by atoms with Crippen molar-refractivity contribution in [2.24, 2.45) is 5.14 Å². The number of aromatic nitrogens is 1. The molecule has 1 aliphatic rings. The maximum Gasteiger partial charge on any atom is 0.238 e. The molecule has 2 heterocycles. The Morgan fingerprint density at radius 3 is 2.64 bits per heavy atom. The summed E-state index contributed by atoms with van der Waals surface area (Å²) in [6.07, 6.45) is 3.71. The summed E-state index contributed by atoms with van der Waals surface area (Å²) in [6.45, 7) is 2.77. The summed E-state index contributed by atoms with van der Waals surface area (Å²) in [6, 6.07) is 7.10. The van der Waals surface area contributed by atoms with E-state index in [1.807, 2.05) is 23.7 Å². The first kappa shape index (κ1) is 15.6. The van der Waals surface area contributed by atoms with Crippen molar-refractivity contribution >= 4 is 21.4 Å². The van der Waals surface area contributed by atoms with E-state index in [1.54, 1.807) is 23.5 Å². The number of primary sulfonamides is 1. The van der Waals surface area contributed by atoms with Gasteiger partial charge in [-0.1, -0.05) is 18.2 Å². The smallest absolute Gasteiger partial charge is 0.238 e. The number of nitrogens with zero attached hydrogens (tertiary/aromatic N) is 2. The Morgan fingerprint density at radius 1 is 1.27 bits per heavy atom. The Balaban J connectivity index is 1.69. The van der Waals surface area contributed by atoms with Gasteiger partial charge in [-0.2, -0.15) is 0 Å². The molecule has 2 N–H and O–H groups in total. The topological polar surface area (TPSA) is 76.3 Å². The number of likely N-dealkylation sites (tertiary alicyclic amines) is 1. The summed E-state index contributed by atoms with van der Waals surface area (Å²) in [5.41, 5.74) is 0.860. The van der Waals surface area contributed by atoms with E-state index in [-0.39, 0.29) is 10.8 Å². The van der Waals surface area contributed by atoms with Crippen LogP contribution >= 0.6 is 11.3 Å². The van der Waals surface area contributed by atoms with Crippen LogP contribution in [0.15, 0.2) is 40.7 Å². The van der Waals surface area contributed by atoms with Gasteiger partial charge in [0, 0.05) is 11.6 Å². The Morgan fingerprint density at radius 2 is 2.00 bits per heavy atom. The zero-order chi connectivity index (χ0) is 15.6. The summed E-state index contributed by atoms with van der Waals surface area (Å²) in [5.74, 6) is 0.252. The summed E-state index contributed by atoms with van der Waals surface area (Å²) in [5, 5.41) is 8.46. The van der Waals surface area contributed by atoms with Crippen molar-refractivity contribution in [1.29, 1.82) is 0 Å². The third kappa shape index (κ3) is 3.55. The van der Waals surface area contributed by atoms with Gasteiger partial charge in [0.15, 0.2) is 0 Å². The number of piperidine rings is 1. The summed E-state index contributed by atoms with van der Waals surface area (Å²) in [7, 11) is -3.66. The molecule has 0 atom stereocenters. The molecule has 22 heavy (non-hydrogen) atoms. The summed E-state index contributed by atoms with van der Waals surface area (Å²) >= 11 is 1.67. The zero-order valence-corrected chi connectivity index (χ0v) is 13.8. The second kappa shape index (κ2) is 6.45. The number of sulfonamides is 1. The van der Waals surface area contributed by atoms with Crippen LogP contribution in [0.3, 0.4) is 0 Å². The highest BCUT2D eigenvalue weighted by Crippen LogP contribution is 2.32. The highest BCUT2D eigenvalue weighted by molar-refractivity contribution is 7.89. The molecule has 5 nitrogen and oxygen atoms in total. The predicted octanol–water partition coefficient (Wildman–Crippen LogP) is 2.17. The van der Waals surface area contributed by atoms with Gasteiger partial charge in [-0.15, -0.1) is 11.3 Å². The lowest BCUT2D eigenvalue weighted by Gasteiger charge is -2.32. The number of benzene rings is 1. The fourth-order valence-electron chi connectivity index (χ4n) is 3.00. The van der Waals surface area contributed by atoms with Crippen molar-refractivity contribution in [3.8, 4) is 0 Å². The van der Waals surface area contributed by atoms with Crippen molar-refractivity contribution in [2.45, 2.75) is 30.2 Å². The van der Waals surface area contributed by atoms with Gasteiger partial charge in [-0.25, -0.2) is 18.5 Å². The van der Waals surface area contributed by atoms with Crippen LogP contribution in [-0.4, -0.2) is 31.4 Å². The Hall–Kier alpha value is -1.28. The number of rotatable bonds is 4. The van der Waals surface area contributed by atoms with E-state index in [1.165, 1.54) is 0 Å². The molecule has 0 radical (unpaired) electrons. The molecule has 1 aromatic heterocycles. The molecule has 118 valence electrons. The third-order valence-corrected chi connectivity index (χ3v) is 5.84. The van der Waals surface area contributed by atoms with Gasteiger partial charge in [0.05, 0.1) is 11.4 Å². The van der Waals surface area contributed by atoms with Crippen molar-refractivity contribution in [3.05, 3.63) is 46.4 Å². The first-order valence-electron chi connectivity index (χ1n) is 7.26. The van der Waals surface area contributed by atoms with Gasteiger partial charge >= 0.3 is 0 Å². The number of hydrogen-bond donors (Lipinski definition) is 1. The first-order chi connectivity index (χ1) is 10.5. The fourth-order valence-corrected chi connectivity index (χ4v) is 4.49. The third-order valence-electron chi connectivity index (χ3n) is 4.10. The molecule has 1 saturated heterocycles. The van der Waals surface area contributed by atoms with Crippen molar-refractivity contribution < 1.29 is 8.42 Å². The minimum atomic E-state index is -3.66. The van der Waals surface area contributed by atoms with Crippen LogP contribution in [0.1, 0.15) is 29.3 Å². The second-order valence-corrected chi connectivity index (χ2v) is 8.07. The normalized spacial score (nSPS) is 17.7. The average Bonchev–Trinajstić information content (AvgIpc) is 3.00. The zero-order valence-electron chi connectivity index (χ0n) is 12.2. The molecule has 0 bridgehead atoms. The number of nitrogens with two attached hydrogens (primary N) is 1. The molecule has 2 aromatic rings. The number of hydrogen-bond acceptors (Lipinski definition) is 5. The minimum Gasteiger partial charge on any atom is -0.297 e. The molecule has 0 amide bonds. The van der Waals surface area contributed by atoms with Gasteiger partial charge in [0.25, 0.3) is 0 Å². The Bertz CT molecular complexity index is 721. The van der Waals surface area contributed by atoms with Crippen molar-refractivity contribution in [3.63, 3.8) is 0 Å². The van der Waals surface area contributed by atoms with Crippen LogP contribution in [-0.2, 0) is 16.6 Å². The lowest BCUT2D eigenvalue weighted by Crippen LogP contribution is -2.33. The molecule has 1 fully saturated rings. The quantitative estimate of drug-likeness (QED) is 0.927. The van der Waals surface area contributed by atoms with Crippen LogP contribution in [0.4, 0.5) is 0 Å². The molecule has 0 aliphatic carbocycles. The molecule has 1 aromatic carbocycles. The molecular weight excluding hydrogens is 318 g/mol. The van der Waals surface area contributed by atoms with E-state index >= 15 is 0 Å². The lowest BCUT2D eigenvalue weighted by atomic mass is 9.89. The highest BCUT2D eigenvalue weighted by atomic mass is 32.2. The van der Waals surface area contributed by atoms with E-state index < -0.39 is 10.0 Å². The van der Waals surface area contributed by atoms with Gasteiger partial charge < -0.3 is 0 Å². The first-order valence-corrected chi connectivity index (χ1v) is 9.69. The second-order valence-electron chi connectivity index (χ2n) is 5.56. The van der Waals surface area contributed by atoms with Crippen molar-refractivity contribution in [1.82, 2.24) is 9.88 Å². The SMILES string of the molecule is NS(=O)(=O)c1ccccc1C1CCN(Cc2nccs2)CC1. The average molecular weight is 337 g/mol. The molecule has 7 heteroatoms. The van der Waals surface area contributed by atoms with Crippen LogP contribution < -0.4 is 5.14 Å². The monoisotopic (exact) mass is 337 g/mol. The summed E-state index contributed by atoms with van der Waals surface area (Å²) in [4.78, 5) is 6.96. The van der Waals surface area contributed by atoms with Gasteiger partial charge in [-0.3, -0.25) is 4.90 Å². The van der Waals surface area contributed by atoms with Gasteiger partial charge in [-0.05, 0) is 43.5 Å². The van der Waals surface area contributed by atoms with E-state index in [0.29, 0.717) is 0 Å². The maximum atomic E-state index is 11.7. The van der Waals surface area contributed by atoms with E-state index in [0.717, 1.165) is 43.0 Å². The largest absolute Gasteiger partial charge is 0.297 e. The molecule has 0 unspecified atom stereocenters. The molecular formula is C15H19N3O2S2. The minimum absolute atomic E-state index is 0.252. The molecule has 0 saturated carbocycles. The molecule has 1 aliphatic heterocycles. The van der Waals surface area contributed by atoms with Crippen LogP contribution in [0.5, 0.6) is 0 Å². The fraction of sp³-hybridized carbons (Fsp3) is 0.400. The van der Waals surface area contributed by atoms with Gasteiger partial charge in [0.1, 0.15) is 5.01 Å². The van der Waals surface area contributed by atoms with E-state index in [4.69, 9.17) is 5.14 Å². The predicted molar refractivity (Wildman–Crippen MR) is 87.2 cm³/mol. The summed E-state index contributed by atoms with van der Waals surface area (Å²) < 4.78 is 23.5. The molecule has 0 spiro atoms. The Kier molecular flexibility index (Phi) is 4.58. The standard InChI is InChI=1S/C15H19N3O2S2/c16-22(19,20)14-4-2-1-3-13(14)12-5-8-18(9-6-12)11-15-17-7-10-21-15/h1-4,7,10,12H,5-6,8-9,11H2,(H2,16,19,20). The maximum absolute atomic E-state index is 11.7.